The number of rotatable bonds is 5. The molecule has 0 saturated heterocycles. The van der Waals surface area contributed by atoms with Crippen LogP contribution in [0.4, 0.5) is 0 Å². The lowest BCUT2D eigenvalue weighted by atomic mass is 10.00. The third-order valence-electron chi connectivity index (χ3n) is 10.7. The van der Waals surface area contributed by atoms with Crippen molar-refractivity contribution in [1.29, 1.82) is 0 Å². The molecular weight excluding hydrogens is 707 g/mol. The van der Waals surface area contributed by atoms with Crippen LogP contribution in [0.1, 0.15) is 6.42 Å². The topological polar surface area (TPSA) is 30.7 Å². The van der Waals surface area contributed by atoms with Gasteiger partial charge in [0.25, 0.3) is 0 Å². The van der Waals surface area contributed by atoms with E-state index in [1.54, 1.807) is 0 Å². The molecular formula is C50H33N3S2. The van der Waals surface area contributed by atoms with Crippen molar-refractivity contribution in [2.45, 2.75) is 21.5 Å². The predicted octanol–water partition coefficient (Wildman–Crippen LogP) is 13.8. The molecule has 0 radical (unpaired) electrons. The first-order valence-electron chi connectivity index (χ1n) is 18.7. The van der Waals surface area contributed by atoms with Gasteiger partial charge in [0.2, 0.25) is 0 Å². The smallest absolute Gasteiger partial charge is 0.160 e. The first-order chi connectivity index (χ1) is 27.2. The van der Waals surface area contributed by atoms with Crippen molar-refractivity contribution in [1.82, 2.24) is 14.5 Å². The zero-order valence-corrected chi connectivity index (χ0v) is 31.4. The Morgan fingerprint density at radius 1 is 0.545 bits per heavy atom. The number of thioether (sulfide) groups is 2. The normalized spacial score (nSPS) is 14.9. The molecule has 55 heavy (non-hydrogen) atoms. The Kier molecular flexibility index (Phi) is 7.82. The van der Waals surface area contributed by atoms with E-state index in [0.717, 1.165) is 57.1 Å². The fourth-order valence-corrected chi connectivity index (χ4v) is 10.7. The number of allylic oxidation sites excluding steroid dienone is 3. The third kappa shape index (κ3) is 5.70. The van der Waals surface area contributed by atoms with Crippen LogP contribution in [-0.2, 0) is 0 Å². The monoisotopic (exact) mass is 739 g/mol. The van der Waals surface area contributed by atoms with Crippen molar-refractivity contribution < 1.29 is 0 Å². The lowest BCUT2D eigenvalue weighted by molar-refractivity contribution is 1.02. The van der Waals surface area contributed by atoms with Crippen molar-refractivity contribution in [2.75, 3.05) is 0 Å². The van der Waals surface area contributed by atoms with E-state index in [-0.39, 0.29) is 0 Å². The van der Waals surface area contributed by atoms with Crippen molar-refractivity contribution in [3.05, 3.63) is 187 Å². The Morgan fingerprint density at radius 2 is 1.24 bits per heavy atom. The molecule has 0 bridgehead atoms. The van der Waals surface area contributed by atoms with Crippen molar-refractivity contribution in [2.24, 2.45) is 0 Å². The maximum absolute atomic E-state index is 5.10. The number of hydrogen-bond acceptors (Lipinski definition) is 4. The van der Waals surface area contributed by atoms with Gasteiger partial charge in [-0.3, -0.25) is 0 Å². The number of aromatic nitrogens is 3. The van der Waals surface area contributed by atoms with Crippen LogP contribution in [0, 0.1) is 0 Å². The quantitative estimate of drug-likeness (QED) is 0.176. The van der Waals surface area contributed by atoms with Crippen LogP contribution in [0.2, 0.25) is 0 Å². The standard InChI is InChI=1S/C50H33N3S2/c1-3-12-33(13-4-1)42-31-43(52-50(51-42)34-14-5-2-6-15-34)38-19-11-18-35(28-38)32-22-24-39(25-23-32)53-44-30-37-17-8-7-16-36(37)29-41(44)40-26-27-47-49(48(40)53)55-46-21-10-9-20-45(46)54-47/h1-20,22-31,46H,21H2. The highest BCUT2D eigenvalue weighted by molar-refractivity contribution is 8.09. The molecule has 1 unspecified atom stereocenters. The fourth-order valence-electron chi connectivity index (χ4n) is 8.00. The summed E-state index contributed by atoms with van der Waals surface area (Å²) < 4.78 is 2.51. The Morgan fingerprint density at radius 3 is 2.04 bits per heavy atom. The maximum atomic E-state index is 5.10. The zero-order chi connectivity index (χ0) is 36.3. The zero-order valence-electron chi connectivity index (χ0n) is 29.8. The lowest BCUT2D eigenvalue weighted by Crippen LogP contribution is -2.10. The van der Waals surface area contributed by atoms with Gasteiger partial charge in [-0.25, -0.2) is 9.97 Å². The van der Waals surface area contributed by atoms with Crippen LogP contribution in [0.3, 0.4) is 0 Å². The van der Waals surface area contributed by atoms with E-state index in [9.17, 15) is 0 Å². The van der Waals surface area contributed by atoms with E-state index in [1.165, 1.54) is 47.3 Å². The number of hydrogen-bond donors (Lipinski definition) is 0. The second kappa shape index (κ2) is 13.3. The van der Waals surface area contributed by atoms with Crippen LogP contribution < -0.4 is 0 Å². The molecule has 3 heterocycles. The van der Waals surface area contributed by atoms with E-state index in [0.29, 0.717) is 5.25 Å². The summed E-state index contributed by atoms with van der Waals surface area (Å²) in [5.41, 5.74) is 10.9. The highest BCUT2D eigenvalue weighted by Crippen LogP contribution is 2.53. The van der Waals surface area contributed by atoms with Gasteiger partial charge in [-0.1, -0.05) is 151 Å². The third-order valence-corrected chi connectivity index (χ3v) is 13.6. The molecule has 3 nitrogen and oxygen atoms in total. The molecule has 0 amide bonds. The highest BCUT2D eigenvalue weighted by Gasteiger charge is 2.29. The molecule has 0 spiro atoms. The highest BCUT2D eigenvalue weighted by atomic mass is 32.2. The summed E-state index contributed by atoms with van der Waals surface area (Å²) in [6.45, 7) is 0. The molecule has 1 aliphatic heterocycles. The van der Waals surface area contributed by atoms with Crippen LogP contribution >= 0.6 is 23.5 Å². The largest absolute Gasteiger partial charge is 0.308 e. The molecule has 1 atom stereocenters. The molecule has 5 heteroatoms. The molecule has 11 rings (SSSR count). The summed E-state index contributed by atoms with van der Waals surface area (Å²) in [6, 6.07) is 58.7. The molecule has 0 saturated carbocycles. The average molecular weight is 740 g/mol. The second-order valence-electron chi connectivity index (χ2n) is 14.1. The first kappa shape index (κ1) is 32.3. The lowest BCUT2D eigenvalue weighted by Gasteiger charge is -2.28. The van der Waals surface area contributed by atoms with Gasteiger partial charge in [0.15, 0.2) is 5.82 Å². The fraction of sp³-hybridized carbons (Fsp3) is 0.0400. The van der Waals surface area contributed by atoms with Crippen LogP contribution in [0.25, 0.3) is 83.3 Å². The van der Waals surface area contributed by atoms with E-state index in [1.807, 2.05) is 47.8 Å². The molecule has 7 aromatic carbocycles. The van der Waals surface area contributed by atoms with Gasteiger partial charge >= 0.3 is 0 Å². The molecule has 1 aliphatic carbocycles. The van der Waals surface area contributed by atoms with Crippen LogP contribution in [0.5, 0.6) is 0 Å². The Labute approximate surface area is 328 Å². The Hall–Kier alpha value is -6.14. The first-order valence-corrected chi connectivity index (χ1v) is 20.4. The minimum absolute atomic E-state index is 0.454. The van der Waals surface area contributed by atoms with Crippen molar-refractivity contribution >= 4 is 56.1 Å². The Balaban J connectivity index is 1.03. The van der Waals surface area contributed by atoms with Gasteiger partial charge in [0.05, 0.1) is 22.4 Å². The van der Waals surface area contributed by atoms with Gasteiger partial charge in [-0.15, -0.1) is 11.8 Å². The average Bonchev–Trinajstić information content (AvgIpc) is 3.59. The van der Waals surface area contributed by atoms with Crippen molar-refractivity contribution in [3.8, 4) is 50.7 Å². The minimum Gasteiger partial charge on any atom is -0.308 e. The Bertz CT molecular complexity index is 2940. The summed E-state index contributed by atoms with van der Waals surface area (Å²) in [4.78, 5) is 14.3. The maximum Gasteiger partial charge on any atom is 0.160 e. The number of fused-ring (bicyclic) bond motifs is 7. The number of nitrogens with zero attached hydrogens (tertiary/aromatic N) is 3. The molecule has 2 aliphatic rings. The van der Waals surface area contributed by atoms with Gasteiger partial charge in [-0.2, -0.15) is 0 Å². The molecule has 2 aromatic heterocycles. The van der Waals surface area contributed by atoms with E-state index in [2.05, 4.69) is 162 Å². The summed E-state index contributed by atoms with van der Waals surface area (Å²) in [5.74, 6) is 0.719. The van der Waals surface area contributed by atoms with Gasteiger partial charge in [0.1, 0.15) is 0 Å². The summed E-state index contributed by atoms with van der Waals surface area (Å²) in [5, 5.41) is 5.57. The summed E-state index contributed by atoms with van der Waals surface area (Å²) >= 11 is 3.96. The van der Waals surface area contributed by atoms with Crippen LogP contribution in [-0.4, -0.2) is 19.8 Å². The number of benzene rings is 7. The van der Waals surface area contributed by atoms with Gasteiger partial charge in [0, 0.05) is 53.1 Å². The van der Waals surface area contributed by atoms with E-state index >= 15 is 0 Å². The van der Waals surface area contributed by atoms with E-state index < -0.39 is 0 Å². The summed E-state index contributed by atoms with van der Waals surface area (Å²) in [7, 11) is 0. The second-order valence-corrected chi connectivity index (χ2v) is 16.4. The minimum atomic E-state index is 0.454. The van der Waals surface area contributed by atoms with Gasteiger partial charge in [-0.05, 0) is 70.8 Å². The molecule has 260 valence electrons. The van der Waals surface area contributed by atoms with Gasteiger partial charge < -0.3 is 4.57 Å². The molecule has 0 N–H and O–H groups in total. The summed E-state index contributed by atoms with van der Waals surface area (Å²) in [6.07, 6.45) is 7.87. The van der Waals surface area contributed by atoms with Crippen LogP contribution in [0.15, 0.2) is 197 Å². The van der Waals surface area contributed by atoms with E-state index in [4.69, 9.17) is 9.97 Å². The molecule has 0 fully saturated rings. The SMILES string of the molecule is C1=CCC2Sc3c(ccc4c5cc6ccccc6cc5n(-c5ccc(-c6cccc(-c7cc(-c8ccccc8)nc(-c8ccccc8)n7)c6)cc5)c34)SC2=C1. The van der Waals surface area contributed by atoms with Crippen molar-refractivity contribution in [3.63, 3.8) is 0 Å². The molecule has 9 aromatic rings. The predicted molar refractivity (Wildman–Crippen MR) is 233 cm³/mol.